The Hall–Kier alpha value is -0.610. The van der Waals surface area contributed by atoms with Crippen LogP contribution in [0.1, 0.15) is 46.5 Å². The molecule has 2 unspecified atom stereocenters. The van der Waals surface area contributed by atoms with Gasteiger partial charge in [-0.2, -0.15) is 0 Å². The zero-order valence-corrected chi connectivity index (χ0v) is 11.2. The van der Waals surface area contributed by atoms with Crippen molar-refractivity contribution < 1.29 is 14.6 Å². The number of nitrogens with one attached hydrogen (secondary N) is 1. The van der Waals surface area contributed by atoms with E-state index in [0.29, 0.717) is 19.6 Å². The SMILES string of the molecule is CC(C)(C)CC(O)CNC(=O)C1CCCCO1. The molecule has 1 aliphatic rings. The molecule has 100 valence electrons. The normalized spacial score (nSPS) is 23.2. The summed E-state index contributed by atoms with van der Waals surface area (Å²) < 4.78 is 5.38. The van der Waals surface area contributed by atoms with Crippen molar-refractivity contribution in [3.8, 4) is 0 Å². The lowest BCUT2D eigenvalue weighted by Crippen LogP contribution is -2.42. The number of ether oxygens (including phenoxy) is 1. The van der Waals surface area contributed by atoms with Crippen LogP contribution in [0.2, 0.25) is 0 Å². The van der Waals surface area contributed by atoms with Gasteiger partial charge >= 0.3 is 0 Å². The van der Waals surface area contributed by atoms with E-state index in [1.807, 2.05) is 0 Å². The average molecular weight is 243 g/mol. The standard InChI is InChI=1S/C13H25NO3/c1-13(2,3)8-10(15)9-14-12(16)11-6-4-5-7-17-11/h10-11,15H,4-9H2,1-3H3,(H,14,16). The van der Waals surface area contributed by atoms with Crippen LogP contribution in [0.5, 0.6) is 0 Å². The van der Waals surface area contributed by atoms with Gasteiger partial charge in [-0.05, 0) is 31.1 Å². The van der Waals surface area contributed by atoms with Crippen LogP contribution in [0, 0.1) is 5.41 Å². The minimum atomic E-state index is -0.484. The van der Waals surface area contributed by atoms with Gasteiger partial charge in [0.15, 0.2) is 0 Å². The largest absolute Gasteiger partial charge is 0.391 e. The van der Waals surface area contributed by atoms with Crippen molar-refractivity contribution in [2.24, 2.45) is 5.41 Å². The molecule has 0 spiro atoms. The summed E-state index contributed by atoms with van der Waals surface area (Å²) in [5.74, 6) is -0.0855. The third-order valence-corrected chi connectivity index (χ3v) is 2.83. The second kappa shape index (κ2) is 6.36. The zero-order chi connectivity index (χ0) is 12.9. The summed E-state index contributed by atoms with van der Waals surface area (Å²) in [6.45, 7) is 7.20. The smallest absolute Gasteiger partial charge is 0.249 e. The first-order valence-corrected chi connectivity index (χ1v) is 6.46. The van der Waals surface area contributed by atoms with Crippen molar-refractivity contribution >= 4 is 5.91 Å². The number of carbonyl (C=O) groups is 1. The number of rotatable bonds is 4. The lowest BCUT2D eigenvalue weighted by atomic mass is 9.89. The molecule has 1 rings (SSSR count). The highest BCUT2D eigenvalue weighted by atomic mass is 16.5. The van der Waals surface area contributed by atoms with Gasteiger partial charge in [0.2, 0.25) is 5.91 Å². The molecule has 1 fully saturated rings. The first-order chi connectivity index (χ1) is 7.88. The lowest BCUT2D eigenvalue weighted by Gasteiger charge is -2.25. The average Bonchev–Trinajstić information content (AvgIpc) is 2.25. The first-order valence-electron chi connectivity index (χ1n) is 6.46. The van der Waals surface area contributed by atoms with Crippen LogP contribution < -0.4 is 5.32 Å². The van der Waals surface area contributed by atoms with Crippen LogP contribution in [0.4, 0.5) is 0 Å². The Morgan fingerprint density at radius 1 is 1.47 bits per heavy atom. The molecule has 4 heteroatoms. The Kier molecular flexibility index (Phi) is 5.40. The van der Waals surface area contributed by atoms with Gasteiger partial charge in [-0.1, -0.05) is 20.8 Å². The fourth-order valence-corrected chi connectivity index (χ4v) is 2.06. The van der Waals surface area contributed by atoms with E-state index >= 15 is 0 Å². The number of hydrogen-bond acceptors (Lipinski definition) is 3. The summed E-state index contributed by atoms with van der Waals surface area (Å²) in [5, 5.41) is 12.5. The van der Waals surface area contributed by atoms with Crippen molar-refractivity contribution in [3.05, 3.63) is 0 Å². The summed E-state index contributed by atoms with van der Waals surface area (Å²) in [5.41, 5.74) is 0.0749. The van der Waals surface area contributed by atoms with Crippen LogP contribution in [0.3, 0.4) is 0 Å². The molecular formula is C13H25NO3. The third kappa shape index (κ3) is 6.03. The van der Waals surface area contributed by atoms with Gasteiger partial charge in [0, 0.05) is 13.2 Å². The molecule has 0 aromatic heterocycles. The second-order valence-corrected chi connectivity index (χ2v) is 6.02. The fraction of sp³-hybridized carbons (Fsp3) is 0.923. The summed E-state index contributed by atoms with van der Waals surface area (Å²) in [7, 11) is 0. The van der Waals surface area contributed by atoms with E-state index in [1.165, 1.54) is 0 Å². The summed E-state index contributed by atoms with van der Waals surface area (Å²) in [6, 6.07) is 0. The second-order valence-electron chi connectivity index (χ2n) is 6.02. The van der Waals surface area contributed by atoms with E-state index in [-0.39, 0.29) is 17.4 Å². The Labute approximate surface area is 104 Å². The van der Waals surface area contributed by atoms with Gasteiger partial charge in [0.1, 0.15) is 6.10 Å². The van der Waals surface area contributed by atoms with E-state index in [9.17, 15) is 9.90 Å². The molecule has 2 N–H and O–H groups in total. The van der Waals surface area contributed by atoms with Gasteiger partial charge < -0.3 is 15.2 Å². The van der Waals surface area contributed by atoms with Gasteiger partial charge in [-0.15, -0.1) is 0 Å². The highest BCUT2D eigenvalue weighted by Crippen LogP contribution is 2.20. The third-order valence-electron chi connectivity index (χ3n) is 2.83. The Balaban J connectivity index is 2.22. The van der Waals surface area contributed by atoms with Crippen LogP contribution >= 0.6 is 0 Å². The van der Waals surface area contributed by atoms with Crippen molar-refractivity contribution in [1.82, 2.24) is 5.32 Å². The van der Waals surface area contributed by atoms with Crippen LogP contribution in [0.25, 0.3) is 0 Å². The van der Waals surface area contributed by atoms with E-state index in [4.69, 9.17) is 4.74 Å². The van der Waals surface area contributed by atoms with Crippen LogP contribution in [-0.2, 0) is 9.53 Å². The molecule has 1 aliphatic heterocycles. The molecule has 1 amide bonds. The van der Waals surface area contributed by atoms with Gasteiger partial charge in [-0.25, -0.2) is 0 Å². The van der Waals surface area contributed by atoms with Gasteiger partial charge in [0.25, 0.3) is 0 Å². The molecule has 1 heterocycles. The highest BCUT2D eigenvalue weighted by molar-refractivity contribution is 5.80. The van der Waals surface area contributed by atoms with Gasteiger partial charge in [0.05, 0.1) is 6.10 Å². The summed E-state index contributed by atoms with van der Waals surface area (Å²) >= 11 is 0. The predicted octanol–water partition coefficient (Wildman–Crippen LogP) is 1.47. The van der Waals surface area contributed by atoms with E-state index in [0.717, 1.165) is 19.3 Å². The minimum absolute atomic E-state index is 0.0749. The Morgan fingerprint density at radius 2 is 2.18 bits per heavy atom. The van der Waals surface area contributed by atoms with Crippen LogP contribution in [-0.4, -0.2) is 36.4 Å². The maximum absolute atomic E-state index is 11.7. The maximum Gasteiger partial charge on any atom is 0.249 e. The summed E-state index contributed by atoms with van der Waals surface area (Å²) in [6.07, 6.45) is 2.76. The number of aliphatic hydroxyl groups excluding tert-OH is 1. The fourth-order valence-electron chi connectivity index (χ4n) is 2.06. The molecule has 1 saturated heterocycles. The number of amides is 1. The van der Waals surface area contributed by atoms with Crippen molar-refractivity contribution in [2.75, 3.05) is 13.2 Å². The molecular weight excluding hydrogens is 218 g/mol. The number of carbonyl (C=O) groups excluding carboxylic acids is 1. The molecule has 17 heavy (non-hydrogen) atoms. The number of hydrogen-bond donors (Lipinski definition) is 2. The molecule has 0 aromatic carbocycles. The molecule has 0 saturated carbocycles. The molecule has 4 nitrogen and oxygen atoms in total. The minimum Gasteiger partial charge on any atom is -0.391 e. The number of aliphatic hydroxyl groups is 1. The zero-order valence-electron chi connectivity index (χ0n) is 11.2. The summed E-state index contributed by atoms with van der Waals surface area (Å²) in [4.78, 5) is 11.7. The van der Waals surface area contributed by atoms with Crippen LogP contribution in [0.15, 0.2) is 0 Å². The van der Waals surface area contributed by atoms with Crippen molar-refractivity contribution in [2.45, 2.75) is 58.7 Å². The first kappa shape index (κ1) is 14.5. The quantitative estimate of drug-likeness (QED) is 0.786. The maximum atomic E-state index is 11.7. The molecule has 0 radical (unpaired) electrons. The lowest BCUT2D eigenvalue weighted by molar-refractivity contribution is -0.136. The van der Waals surface area contributed by atoms with E-state index < -0.39 is 6.10 Å². The van der Waals surface area contributed by atoms with E-state index in [1.54, 1.807) is 0 Å². The molecule has 0 bridgehead atoms. The van der Waals surface area contributed by atoms with Crippen molar-refractivity contribution in [3.63, 3.8) is 0 Å². The molecule has 0 aliphatic carbocycles. The predicted molar refractivity (Wildman–Crippen MR) is 66.7 cm³/mol. The highest BCUT2D eigenvalue weighted by Gasteiger charge is 2.23. The Morgan fingerprint density at radius 3 is 2.71 bits per heavy atom. The monoisotopic (exact) mass is 243 g/mol. The Bertz CT molecular complexity index is 242. The van der Waals surface area contributed by atoms with E-state index in [2.05, 4.69) is 26.1 Å². The molecule has 2 atom stereocenters. The molecule has 0 aromatic rings. The van der Waals surface area contributed by atoms with Crippen molar-refractivity contribution in [1.29, 1.82) is 0 Å². The topological polar surface area (TPSA) is 58.6 Å². The van der Waals surface area contributed by atoms with Gasteiger partial charge in [-0.3, -0.25) is 4.79 Å².